The highest BCUT2D eigenvalue weighted by Gasteiger charge is 2.13. The van der Waals surface area contributed by atoms with E-state index in [2.05, 4.69) is 20.7 Å². The summed E-state index contributed by atoms with van der Waals surface area (Å²) in [4.78, 5) is 11.2. The van der Waals surface area contributed by atoms with Crippen molar-refractivity contribution >= 4 is 39.2 Å². The lowest BCUT2D eigenvalue weighted by Crippen LogP contribution is -2.05. The van der Waals surface area contributed by atoms with Gasteiger partial charge in [0.1, 0.15) is 0 Å². The number of ether oxygens (including phenoxy) is 1. The number of nitrogen functional groups attached to an aromatic ring is 1. The van der Waals surface area contributed by atoms with Crippen molar-refractivity contribution in [1.29, 1.82) is 0 Å². The smallest absolute Gasteiger partial charge is 0.340 e. The van der Waals surface area contributed by atoms with E-state index in [1.54, 1.807) is 12.1 Å². The number of carbonyl (C=O) groups excluding carboxylic acids is 1. The molecule has 1 rings (SSSR count). The molecule has 1 aromatic carbocycles. The number of carbonyl (C=O) groups is 1. The van der Waals surface area contributed by atoms with E-state index >= 15 is 0 Å². The lowest BCUT2D eigenvalue weighted by molar-refractivity contribution is 0.0602. The summed E-state index contributed by atoms with van der Waals surface area (Å²) in [5, 5.41) is 0.328. The van der Waals surface area contributed by atoms with E-state index < -0.39 is 5.97 Å². The number of hydrogen-bond donors (Lipinski definition) is 1. The van der Waals surface area contributed by atoms with Crippen LogP contribution in [0.2, 0.25) is 5.02 Å². The fraction of sp³-hybridized carbons (Fsp3) is 0.125. The average molecular weight is 265 g/mol. The molecule has 13 heavy (non-hydrogen) atoms. The molecule has 70 valence electrons. The first-order chi connectivity index (χ1) is 6.06. The number of anilines is 1. The third kappa shape index (κ3) is 2.14. The SMILES string of the molecule is COC(=O)c1cc(Br)cc(Cl)c1N. The maximum atomic E-state index is 11.2. The number of hydrogen-bond acceptors (Lipinski definition) is 3. The molecule has 0 bridgehead atoms. The fourth-order valence-corrected chi connectivity index (χ4v) is 1.67. The zero-order valence-electron chi connectivity index (χ0n) is 6.80. The molecule has 0 fully saturated rings. The van der Waals surface area contributed by atoms with Crippen LogP contribution in [0.15, 0.2) is 16.6 Å². The quantitative estimate of drug-likeness (QED) is 0.626. The summed E-state index contributed by atoms with van der Waals surface area (Å²) >= 11 is 8.95. The Morgan fingerprint density at radius 3 is 2.77 bits per heavy atom. The normalized spacial score (nSPS) is 9.77. The van der Waals surface area contributed by atoms with Gasteiger partial charge in [0.15, 0.2) is 0 Å². The highest BCUT2D eigenvalue weighted by Crippen LogP contribution is 2.28. The molecule has 0 amide bonds. The van der Waals surface area contributed by atoms with Gasteiger partial charge in [0, 0.05) is 4.47 Å². The molecule has 0 unspecified atom stereocenters. The number of halogens is 2. The summed E-state index contributed by atoms with van der Waals surface area (Å²) in [5.41, 5.74) is 6.07. The van der Waals surface area contributed by atoms with Gasteiger partial charge in [-0.25, -0.2) is 4.79 Å². The van der Waals surface area contributed by atoms with Crippen LogP contribution in [0.25, 0.3) is 0 Å². The zero-order valence-corrected chi connectivity index (χ0v) is 9.15. The van der Waals surface area contributed by atoms with Crippen LogP contribution in [0.5, 0.6) is 0 Å². The molecule has 0 aromatic heterocycles. The molecule has 0 aliphatic heterocycles. The molecule has 0 saturated carbocycles. The van der Waals surface area contributed by atoms with Gasteiger partial charge in [-0.05, 0) is 12.1 Å². The fourth-order valence-electron chi connectivity index (χ4n) is 0.864. The van der Waals surface area contributed by atoms with Gasteiger partial charge >= 0.3 is 5.97 Å². The van der Waals surface area contributed by atoms with Crippen LogP contribution in [-0.2, 0) is 4.74 Å². The maximum Gasteiger partial charge on any atom is 0.340 e. The standard InChI is InChI=1S/C8H7BrClNO2/c1-13-8(12)5-2-4(9)3-6(10)7(5)11/h2-3H,11H2,1H3. The van der Waals surface area contributed by atoms with Gasteiger partial charge < -0.3 is 10.5 Å². The summed E-state index contributed by atoms with van der Waals surface area (Å²) < 4.78 is 5.22. The van der Waals surface area contributed by atoms with Crippen molar-refractivity contribution in [2.24, 2.45) is 0 Å². The van der Waals surface area contributed by atoms with Gasteiger partial charge in [0.2, 0.25) is 0 Å². The van der Waals surface area contributed by atoms with E-state index in [0.29, 0.717) is 9.50 Å². The summed E-state index contributed by atoms with van der Waals surface area (Å²) in [7, 11) is 1.29. The Morgan fingerprint density at radius 1 is 1.62 bits per heavy atom. The number of methoxy groups -OCH3 is 1. The first kappa shape index (κ1) is 10.3. The molecule has 0 radical (unpaired) electrons. The number of benzene rings is 1. The predicted molar refractivity (Wildman–Crippen MR) is 54.9 cm³/mol. The second-order valence-corrected chi connectivity index (χ2v) is 3.66. The van der Waals surface area contributed by atoms with Crippen LogP contribution >= 0.6 is 27.5 Å². The van der Waals surface area contributed by atoms with Crippen LogP contribution in [0.4, 0.5) is 5.69 Å². The van der Waals surface area contributed by atoms with E-state index in [4.69, 9.17) is 17.3 Å². The molecule has 1 aromatic rings. The number of nitrogens with two attached hydrogens (primary N) is 1. The lowest BCUT2D eigenvalue weighted by atomic mass is 10.2. The van der Waals surface area contributed by atoms with Gasteiger partial charge in [-0.1, -0.05) is 27.5 Å². The van der Waals surface area contributed by atoms with Gasteiger partial charge in [-0.2, -0.15) is 0 Å². The first-order valence-electron chi connectivity index (χ1n) is 3.39. The minimum atomic E-state index is -0.499. The Balaban J connectivity index is 3.28. The predicted octanol–water partition coefficient (Wildman–Crippen LogP) is 2.47. The molecule has 0 aliphatic carbocycles. The Bertz CT molecular complexity index is 354. The molecule has 0 atom stereocenters. The number of esters is 1. The van der Waals surface area contributed by atoms with Crippen molar-refractivity contribution in [2.75, 3.05) is 12.8 Å². The number of rotatable bonds is 1. The monoisotopic (exact) mass is 263 g/mol. The third-order valence-corrected chi connectivity index (χ3v) is 2.27. The van der Waals surface area contributed by atoms with Crippen LogP contribution in [-0.4, -0.2) is 13.1 Å². The summed E-state index contributed by atoms with van der Waals surface area (Å²) in [6.07, 6.45) is 0. The molecule has 0 heterocycles. The summed E-state index contributed by atoms with van der Waals surface area (Å²) in [6.45, 7) is 0. The van der Waals surface area contributed by atoms with Crippen LogP contribution in [0.1, 0.15) is 10.4 Å². The van der Waals surface area contributed by atoms with Crippen molar-refractivity contribution in [3.05, 3.63) is 27.2 Å². The topological polar surface area (TPSA) is 52.3 Å². The molecule has 5 heteroatoms. The van der Waals surface area contributed by atoms with Gasteiger partial charge in [-0.3, -0.25) is 0 Å². The van der Waals surface area contributed by atoms with Crippen LogP contribution in [0, 0.1) is 0 Å². The van der Waals surface area contributed by atoms with E-state index in [1.165, 1.54) is 7.11 Å². The molecular formula is C8H7BrClNO2. The summed E-state index contributed by atoms with van der Waals surface area (Å²) in [5.74, 6) is -0.499. The highest BCUT2D eigenvalue weighted by molar-refractivity contribution is 9.10. The Labute approximate surface area is 88.9 Å². The van der Waals surface area contributed by atoms with Gasteiger partial charge in [0.25, 0.3) is 0 Å². The summed E-state index contributed by atoms with van der Waals surface area (Å²) in [6, 6.07) is 3.18. The van der Waals surface area contributed by atoms with Gasteiger partial charge in [-0.15, -0.1) is 0 Å². The molecule has 3 nitrogen and oxygen atoms in total. The second kappa shape index (κ2) is 3.98. The van der Waals surface area contributed by atoms with Crippen molar-refractivity contribution < 1.29 is 9.53 Å². The largest absolute Gasteiger partial charge is 0.465 e. The van der Waals surface area contributed by atoms with Crippen molar-refractivity contribution in [1.82, 2.24) is 0 Å². The zero-order chi connectivity index (χ0) is 10.0. The minimum Gasteiger partial charge on any atom is -0.465 e. The van der Waals surface area contributed by atoms with E-state index in [9.17, 15) is 4.79 Å². The third-order valence-electron chi connectivity index (χ3n) is 1.50. The molecule has 0 spiro atoms. The maximum absolute atomic E-state index is 11.2. The average Bonchev–Trinajstić information content (AvgIpc) is 2.10. The van der Waals surface area contributed by atoms with E-state index in [0.717, 1.165) is 0 Å². The first-order valence-corrected chi connectivity index (χ1v) is 4.56. The Morgan fingerprint density at radius 2 is 2.23 bits per heavy atom. The van der Waals surface area contributed by atoms with Crippen molar-refractivity contribution in [2.45, 2.75) is 0 Å². The van der Waals surface area contributed by atoms with Crippen molar-refractivity contribution in [3.63, 3.8) is 0 Å². The lowest BCUT2D eigenvalue weighted by Gasteiger charge is -2.05. The van der Waals surface area contributed by atoms with Crippen LogP contribution < -0.4 is 5.73 Å². The molecular weight excluding hydrogens is 257 g/mol. The Kier molecular flexibility index (Phi) is 3.17. The van der Waals surface area contributed by atoms with Gasteiger partial charge in [0.05, 0.1) is 23.4 Å². The molecule has 0 aliphatic rings. The highest BCUT2D eigenvalue weighted by atomic mass is 79.9. The van der Waals surface area contributed by atoms with Crippen molar-refractivity contribution in [3.8, 4) is 0 Å². The van der Waals surface area contributed by atoms with E-state index in [-0.39, 0.29) is 11.3 Å². The van der Waals surface area contributed by atoms with Crippen LogP contribution in [0.3, 0.4) is 0 Å². The molecule has 0 saturated heterocycles. The second-order valence-electron chi connectivity index (χ2n) is 2.34. The Hall–Kier alpha value is -0.740. The molecule has 2 N–H and O–H groups in total. The van der Waals surface area contributed by atoms with E-state index in [1.807, 2.05) is 0 Å². The minimum absolute atomic E-state index is 0.233.